The summed E-state index contributed by atoms with van der Waals surface area (Å²) in [5.74, 6) is 0.102. The second kappa shape index (κ2) is 7.94. The van der Waals surface area contributed by atoms with Gasteiger partial charge in [-0.2, -0.15) is 0 Å². The molecule has 3 heterocycles. The maximum Gasteiger partial charge on any atom is 0.410 e. The van der Waals surface area contributed by atoms with E-state index >= 15 is 0 Å². The summed E-state index contributed by atoms with van der Waals surface area (Å²) in [5, 5.41) is 0. The number of rotatable bonds is 4. The van der Waals surface area contributed by atoms with Crippen LogP contribution >= 0.6 is 23.1 Å². The second-order valence-electron chi connectivity index (χ2n) is 6.78. The Morgan fingerprint density at radius 3 is 2.56 bits per heavy atom. The van der Waals surface area contributed by atoms with Crippen LogP contribution < -0.4 is 0 Å². The summed E-state index contributed by atoms with van der Waals surface area (Å²) in [6, 6.07) is 13.9. The summed E-state index contributed by atoms with van der Waals surface area (Å²) < 4.78 is 6.73. The predicted molar refractivity (Wildman–Crippen MR) is 107 cm³/mol. The molecule has 0 aliphatic carbocycles. The van der Waals surface area contributed by atoms with Gasteiger partial charge in [-0.15, -0.1) is 23.1 Å². The Labute approximate surface area is 167 Å². The van der Waals surface area contributed by atoms with E-state index in [1.54, 1.807) is 23.1 Å². The van der Waals surface area contributed by atoms with Crippen molar-refractivity contribution in [3.63, 3.8) is 0 Å². The highest BCUT2D eigenvalue weighted by Gasteiger charge is 2.38. The number of hydrogen-bond donors (Lipinski definition) is 0. The minimum absolute atomic E-state index is 0.102. The van der Waals surface area contributed by atoms with Gasteiger partial charge in [0.05, 0.1) is 15.6 Å². The average molecular weight is 403 g/mol. The fourth-order valence-corrected chi connectivity index (χ4v) is 5.21. The van der Waals surface area contributed by atoms with Crippen molar-refractivity contribution in [3.8, 4) is 0 Å². The van der Waals surface area contributed by atoms with E-state index < -0.39 is 0 Å². The van der Waals surface area contributed by atoms with Gasteiger partial charge in [0.2, 0.25) is 0 Å². The molecule has 2 aliphatic heterocycles. The van der Waals surface area contributed by atoms with Crippen LogP contribution in [0.2, 0.25) is 0 Å². The first-order valence-corrected chi connectivity index (χ1v) is 11.1. The molecule has 0 saturated carbocycles. The molecular weight excluding hydrogens is 380 g/mol. The van der Waals surface area contributed by atoms with Gasteiger partial charge in [-0.05, 0) is 36.8 Å². The Hall–Kier alpha value is -1.99. The average Bonchev–Trinajstić information content (AvgIpc) is 3.35. The summed E-state index contributed by atoms with van der Waals surface area (Å²) in [6.45, 7) is 1.94. The number of ether oxygens (including phenoxy) is 1. The largest absolute Gasteiger partial charge is 0.439 e. The molecular formula is C20H22N2O3S2. The number of thioether (sulfide) groups is 1. The summed E-state index contributed by atoms with van der Waals surface area (Å²) in [7, 11) is 0. The number of likely N-dealkylation sites (tertiary alicyclic amines) is 1. The number of cyclic esters (lactones) is 1. The lowest BCUT2D eigenvalue weighted by Crippen LogP contribution is -2.47. The van der Waals surface area contributed by atoms with Crippen molar-refractivity contribution >= 4 is 35.1 Å². The summed E-state index contributed by atoms with van der Waals surface area (Å²) >= 11 is 3.21. The molecule has 1 unspecified atom stereocenters. The quantitative estimate of drug-likeness (QED) is 0.717. The molecule has 5 nitrogen and oxygen atoms in total. The normalized spacial score (nSPS) is 20.8. The fraction of sp³-hybridized carbons (Fsp3) is 0.400. The number of hydrogen-bond acceptors (Lipinski definition) is 5. The van der Waals surface area contributed by atoms with Crippen LogP contribution in [0.4, 0.5) is 4.79 Å². The van der Waals surface area contributed by atoms with Crippen LogP contribution in [0.3, 0.4) is 0 Å². The Morgan fingerprint density at radius 1 is 1.15 bits per heavy atom. The van der Waals surface area contributed by atoms with Gasteiger partial charge in [0, 0.05) is 19.1 Å². The predicted octanol–water partition coefficient (Wildman–Crippen LogP) is 4.27. The van der Waals surface area contributed by atoms with Crippen molar-refractivity contribution in [2.24, 2.45) is 0 Å². The number of thiophene rings is 1. The Kier molecular flexibility index (Phi) is 5.41. The minimum atomic E-state index is -0.239. The van der Waals surface area contributed by atoms with E-state index in [0.29, 0.717) is 19.6 Å². The smallest absolute Gasteiger partial charge is 0.410 e. The van der Waals surface area contributed by atoms with Gasteiger partial charge in [-0.3, -0.25) is 4.79 Å². The summed E-state index contributed by atoms with van der Waals surface area (Å²) in [6.07, 6.45) is 3.17. The van der Waals surface area contributed by atoms with Crippen molar-refractivity contribution in [2.45, 2.75) is 29.2 Å². The molecule has 4 rings (SSSR count). The molecule has 142 valence electrons. The molecule has 7 heteroatoms. The first kappa shape index (κ1) is 18.4. The maximum atomic E-state index is 12.7. The van der Waals surface area contributed by atoms with Crippen molar-refractivity contribution in [1.82, 2.24) is 9.80 Å². The Morgan fingerprint density at radius 2 is 1.89 bits per heavy atom. The third kappa shape index (κ3) is 3.84. The molecule has 0 spiro atoms. The highest BCUT2D eigenvalue weighted by molar-refractivity contribution is 8.00. The molecule has 2 aromatic rings. The Balaban J connectivity index is 1.35. The molecule has 0 N–H and O–H groups in total. The molecule has 0 bridgehead atoms. The Bertz CT molecular complexity index is 816. The van der Waals surface area contributed by atoms with Crippen molar-refractivity contribution in [1.29, 1.82) is 0 Å². The zero-order valence-electron chi connectivity index (χ0n) is 15.2. The highest BCUT2D eigenvalue weighted by atomic mass is 32.2. The summed E-state index contributed by atoms with van der Waals surface area (Å²) in [4.78, 5) is 29.6. The number of piperidine rings is 1. The molecule has 2 aliphatic rings. The van der Waals surface area contributed by atoms with Gasteiger partial charge < -0.3 is 14.5 Å². The van der Waals surface area contributed by atoms with Crippen LogP contribution in [0.5, 0.6) is 0 Å². The van der Waals surface area contributed by atoms with Crippen molar-refractivity contribution in [2.75, 3.05) is 25.9 Å². The van der Waals surface area contributed by atoms with Crippen LogP contribution in [0, 0.1) is 0 Å². The number of amides is 2. The van der Waals surface area contributed by atoms with Crippen LogP contribution in [0.15, 0.2) is 46.7 Å². The van der Waals surface area contributed by atoms with E-state index in [2.05, 4.69) is 0 Å². The van der Waals surface area contributed by atoms with Crippen molar-refractivity contribution in [3.05, 3.63) is 52.9 Å². The lowest BCUT2D eigenvalue weighted by atomic mass is 10.0. The van der Waals surface area contributed by atoms with E-state index in [9.17, 15) is 9.59 Å². The molecule has 27 heavy (non-hydrogen) atoms. The molecule has 1 aromatic heterocycles. The van der Waals surface area contributed by atoms with E-state index in [0.717, 1.165) is 27.5 Å². The zero-order chi connectivity index (χ0) is 18.8. The topological polar surface area (TPSA) is 49.9 Å². The summed E-state index contributed by atoms with van der Waals surface area (Å²) in [5.41, 5.74) is 1.03. The minimum Gasteiger partial charge on any atom is -0.439 e. The van der Waals surface area contributed by atoms with Crippen LogP contribution in [-0.4, -0.2) is 53.7 Å². The number of carbonyl (C=O) groups is 2. The van der Waals surface area contributed by atoms with Crippen LogP contribution in [0.25, 0.3) is 0 Å². The van der Waals surface area contributed by atoms with Gasteiger partial charge in [0.25, 0.3) is 5.91 Å². The van der Waals surface area contributed by atoms with Gasteiger partial charge in [0.15, 0.2) is 0 Å². The van der Waals surface area contributed by atoms with Crippen LogP contribution in [0.1, 0.15) is 34.2 Å². The van der Waals surface area contributed by atoms with Gasteiger partial charge in [-0.25, -0.2) is 4.79 Å². The van der Waals surface area contributed by atoms with E-state index in [-0.39, 0.29) is 24.1 Å². The molecule has 1 aromatic carbocycles. The monoisotopic (exact) mass is 402 g/mol. The molecule has 0 radical (unpaired) electrons. The van der Waals surface area contributed by atoms with Gasteiger partial charge in [-0.1, -0.05) is 30.3 Å². The number of benzene rings is 1. The first-order chi connectivity index (χ1) is 13.2. The third-order valence-electron chi connectivity index (χ3n) is 5.20. The van der Waals surface area contributed by atoms with E-state index in [4.69, 9.17) is 4.74 Å². The lowest BCUT2D eigenvalue weighted by molar-refractivity contribution is 0.0663. The molecule has 2 saturated heterocycles. The van der Waals surface area contributed by atoms with Crippen molar-refractivity contribution < 1.29 is 14.3 Å². The number of nitrogens with zero attached hydrogens (tertiary/aromatic N) is 2. The standard InChI is InChI=1S/C20H22N2O3S2/c1-26-18-8-7-17(27-18)19(23)21-11-9-15(10-12-21)22-13-16(25-20(22)24)14-5-3-2-4-6-14/h2-8,15-16H,9-13H2,1H3. The SMILES string of the molecule is CSc1ccc(C(=O)N2CCC(N3CC(c4ccccc4)OC3=O)CC2)s1. The number of carbonyl (C=O) groups excluding carboxylic acids is 2. The van der Waals surface area contributed by atoms with E-state index in [1.165, 1.54) is 0 Å². The van der Waals surface area contributed by atoms with E-state index in [1.807, 2.05) is 58.5 Å². The molecule has 2 amide bonds. The van der Waals surface area contributed by atoms with Crippen LogP contribution in [-0.2, 0) is 4.74 Å². The molecule has 1 atom stereocenters. The van der Waals surface area contributed by atoms with Gasteiger partial charge in [0.1, 0.15) is 6.10 Å². The third-order valence-corrected chi connectivity index (χ3v) is 7.35. The molecule has 2 fully saturated rings. The zero-order valence-corrected chi connectivity index (χ0v) is 16.8. The second-order valence-corrected chi connectivity index (χ2v) is 8.97. The fourth-order valence-electron chi connectivity index (χ4n) is 3.70. The first-order valence-electron chi connectivity index (χ1n) is 9.11. The maximum absolute atomic E-state index is 12.7. The highest BCUT2D eigenvalue weighted by Crippen LogP contribution is 2.31. The lowest BCUT2D eigenvalue weighted by Gasteiger charge is -2.35. The van der Waals surface area contributed by atoms with Gasteiger partial charge >= 0.3 is 6.09 Å².